The monoisotopic (exact) mass is 227 g/mol. The number of rotatable bonds is 6. The second-order valence-corrected chi connectivity index (χ2v) is 5.57. The maximum atomic E-state index is 11.5. The van der Waals surface area contributed by atoms with Crippen molar-refractivity contribution >= 4 is 5.78 Å². The first-order valence-corrected chi connectivity index (χ1v) is 6.33. The lowest BCUT2D eigenvalue weighted by Crippen LogP contribution is -2.44. The lowest BCUT2D eigenvalue weighted by molar-refractivity contribution is -0.126. The van der Waals surface area contributed by atoms with Crippen LogP contribution in [0.1, 0.15) is 46.5 Å². The Morgan fingerprint density at radius 1 is 1.38 bits per heavy atom. The molecule has 1 fully saturated rings. The average molecular weight is 227 g/mol. The number of aliphatic hydroxyl groups excluding tert-OH is 1. The molecule has 0 aromatic heterocycles. The predicted octanol–water partition coefficient (Wildman–Crippen LogP) is 1.84. The summed E-state index contributed by atoms with van der Waals surface area (Å²) in [6.07, 6.45) is 5.00. The molecule has 3 nitrogen and oxygen atoms in total. The van der Waals surface area contributed by atoms with Gasteiger partial charge < -0.3 is 5.11 Å². The molecule has 1 N–H and O–H groups in total. The number of carbonyl (C=O) groups excluding carboxylic acids is 1. The molecule has 3 heteroatoms. The van der Waals surface area contributed by atoms with E-state index in [1.54, 1.807) is 6.92 Å². The number of Topliss-reactive ketones (excluding diaryl/α,β-unsaturated/α-hetero) is 1. The predicted molar refractivity (Wildman–Crippen MR) is 65.4 cm³/mol. The molecule has 0 spiro atoms. The van der Waals surface area contributed by atoms with Gasteiger partial charge in [-0.15, -0.1) is 0 Å². The van der Waals surface area contributed by atoms with E-state index in [2.05, 4.69) is 4.90 Å². The summed E-state index contributed by atoms with van der Waals surface area (Å²) in [7, 11) is 0. The third-order valence-corrected chi connectivity index (χ3v) is 3.78. The first-order valence-electron chi connectivity index (χ1n) is 6.33. The Morgan fingerprint density at radius 3 is 2.38 bits per heavy atom. The first-order chi connectivity index (χ1) is 7.47. The highest BCUT2D eigenvalue weighted by Crippen LogP contribution is 2.27. The number of aliphatic hydroxyl groups is 1. The summed E-state index contributed by atoms with van der Waals surface area (Å²) >= 11 is 0. The third kappa shape index (κ3) is 3.56. The molecule has 94 valence electrons. The zero-order chi connectivity index (χ0) is 12.2. The molecule has 0 radical (unpaired) electrons. The van der Waals surface area contributed by atoms with E-state index in [4.69, 9.17) is 5.11 Å². The van der Waals surface area contributed by atoms with E-state index in [-0.39, 0.29) is 17.8 Å². The fraction of sp³-hybridized carbons (Fsp3) is 0.923. The van der Waals surface area contributed by atoms with Crippen LogP contribution in [0, 0.1) is 5.41 Å². The number of carbonyl (C=O) groups is 1. The van der Waals surface area contributed by atoms with Crippen LogP contribution in [0.4, 0.5) is 0 Å². The smallest absolute Gasteiger partial charge is 0.136 e. The maximum Gasteiger partial charge on any atom is 0.136 e. The SMILES string of the molecule is CC(=O)C(C)(C)CN(CCO)C1CCCC1. The van der Waals surface area contributed by atoms with E-state index in [1.165, 1.54) is 25.7 Å². The Balaban J connectivity index is 2.59. The van der Waals surface area contributed by atoms with E-state index >= 15 is 0 Å². The summed E-state index contributed by atoms with van der Waals surface area (Å²) in [6, 6.07) is 0.575. The van der Waals surface area contributed by atoms with Crippen LogP contribution in [0.3, 0.4) is 0 Å². The summed E-state index contributed by atoms with van der Waals surface area (Å²) < 4.78 is 0. The van der Waals surface area contributed by atoms with Crippen molar-refractivity contribution in [2.24, 2.45) is 5.41 Å². The van der Waals surface area contributed by atoms with Crippen LogP contribution >= 0.6 is 0 Å². The Labute approximate surface area is 98.8 Å². The van der Waals surface area contributed by atoms with Gasteiger partial charge in [-0.2, -0.15) is 0 Å². The van der Waals surface area contributed by atoms with Gasteiger partial charge in [0.05, 0.1) is 6.61 Å². The second kappa shape index (κ2) is 5.78. The van der Waals surface area contributed by atoms with E-state index in [1.807, 2.05) is 13.8 Å². The molecule has 1 aliphatic rings. The topological polar surface area (TPSA) is 40.5 Å². The molecule has 0 unspecified atom stereocenters. The number of hydrogen-bond acceptors (Lipinski definition) is 3. The lowest BCUT2D eigenvalue weighted by atomic mass is 9.87. The highest BCUT2D eigenvalue weighted by atomic mass is 16.3. The van der Waals surface area contributed by atoms with Gasteiger partial charge in [0.25, 0.3) is 0 Å². The van der Waals surface area contributed by atoms with Crippen LogP contribution in [-0.2, 0) is 4.79 Å². The zero-order valence-electron chi connectivity index (χ0n) is 10.8. The molecule has 0 atom stereocenters. The lowest BCUT2D eigenvalue weighted by Gasteiger charge is -2.34. The third-order valence-electron chi connectivity index (χ3n) is 3.78. The van der Waals surface area contributed by atoms with Gasteiger partial charge in [-0.25, -0.2) is 0 Å². The highest BCUT2D eigenvalue weighted by Gasteiger charge is 2.30. The standard InChI is InChI=1S/C13H25NO2/c1-11(16)13(2,3)10-14(8-9-15)12-6-4-5-7-12/h12,15H,4-10H2,1-3H3. The van der Waals surface area contributed by atoms with E-state index in [9.17, 15) is 4.79 Å². The molecule has 0 aromatic rings. The summed E-state index contributed by atoms with van der Waals surface area (Å²) in [5.41, 5.74) is -0.294. The van der Waals surface area contributed by atoms with E-state index < -0.39 is 0 Å². The molecule has 16 heavy (non-hydrogen) atoms. The molecule has 0 bridgehead atoms. The van der Waals surface area contributed by atoms with Gasteiger partial charge in [-0.1, -0.05) is 26.7 Å². The van der Waals surface area contributed by atoms with Crippen molar-refractivity contribution in [3.05, 3.63) is 0 Å². The van der Waals surface area contributed by atoms with Gasteiger partial charge in [-0.3, -0.25) is 9.69 Å². The van der Waals surface area contributed by atoms with Crippen molar-refractivity contribution in [1.29, 1.82) is 0 Å². The molecule has 0 aromatic carbocycles. The molecule has 0 amide bonds. The van der Waals surface area contributed by atoms with Crippen molar-refractivity contribution in [1.82, 2.24) is 4.90 Å². The van der Waals surface area contributed by atoms with Crippen LogP contribution in [0.2, 0.25) is 0 Å². The summed E-state index contributed by atoms with van der Waals surface area (Å²) in [5, 5.41) is 9.11. The minimum absolute atomic E-state index is 0.185. The van der Waals surface area contributed by atoms with E-state index in [0.29, 0.717) is 12.6 Å². The Kier molecular flexibility index (Phi) is 4.93. The summed E-state index contributed by atoms with van der Waals surface area (Å²) in [6.45, 7) is 7.30. The van der Waals surface area contributed by atoms with Gasteiger partial charge >= 0.3 is 0 Å². The molecule has 1 rings (SSSR count). The normalized spacial score (nSPS) is 18.3. The van der Waals surface area contributed by atoms with Crippen molar-refractivity contribution < 1.29 is 9.90 Å². The molecule has 0 heterocycles. The van der Waals surface area contributed by atoms with Crippen molar-refractivity contribution in [2.45, 2.75) is 52.5 Å². The molecule has 1 aliphatic carbocycles. The second-order valence-electron chi connectivity index (χ2n) is 5.57. The highest BCUT2D eigenvalue weighted by molar-refractivity contribution is 5.81. The van der Waals surface area contributed by atoms with Gasteiger partial charge in [0.1, 0.15) is 5.78 Å². The van der Waals surface area contributed by atoms with Crippen LogP contribution in [-0.4, -0.2) is 41.5 Å². The minimum Gasteiger partial charge on any atom is -0.395 e. The van der Waals surface area contributed by atoms with Crippen molar-refractivity contribution in [2.75, 3.05) is 19.7 Å². The summed E-state index contributed by atoms with van der Waals surface area (Å²) in [4.78, 5) is 13.8. The number of nitrogens with zero attached hydrogens (tertiary/aromatic N) is 1. The summed E-state index contributed by atoms with van der Waals surface area (Å²) in [5.74, 6) is 0.230. The fourth-order valence-corrected chi connectivity index (χ4v) is 2.41. The van der Waals surface area contributed by atoms with E-state index in [0.717, 1.165) is 6.54 Å². The van der Waals surface area contributed by atoms with Crippen LogP contribution in [0.5, 0.6) is 0 Å². The van der Waals surface area contributed by atoms with Gasteiger partial charge in [0, 0.05) is 24.5 Å². The minimum atomic E-state index is -0.294. The number of hydrogen-bond donors (Lipinski definition) is 1. The van der Waals surface area contributed by atoms with Gasteiger partial charge in [0.15, 0.2) is 0 Å². The molecular formula is C13H25NO2. The first kappa shape index (κ1) is 13.7. The van der Waals surface area contributed by atoms with Crippen molar-refractivity contribution in [3.63, 3.8) is 0 Å². The van der Waals surface area contributed by atoms with Crippen LogP contribution < -0.4 is 0 Å². The van der Waals surface area contributed by atoms with Crippen molar-refractivity contribution in [3.8, 4) is 0 Å². The average Bonchev–Trinajstić information content (AvgIpc) is 2.69. The molecular weight excluding hydrogens is 202 g/mol. The van der Waals surface area contributed by atoms with Gasteiger partial charge in [0.2, 0.25) is 0 Å². The Bertz CT molecular complexity index is 232. The molecule has 0 aliphatic heterocycles. The Morgan fingerprint density at radius 2 is 1.94 bits per heavy atom. The van der Waals surface area contributed by atoms with Gasteiger partial charge in [-0.05, 0) is 19.8 Å². The fourth-order valence-electron chi connectivity index (χ4n) is 2.41. The quantitative estimate of drug-likeness (QED) is 0.752. The van der Waals surface area contributed by atoms with Crippen LogP contribution in [0.15, 0.2) is 0 Å². The zero-order valence-corrected chi connectivity index (χ0v) is 10.8. The largest absolute Gasteiger partial charge is 0.395 e. The maximum absolute atomic E-state index is 11.5. The van der Waals surface area contributed by atoms with Crippen LogP contribution in [0.25, 0.3) is 0 Å². The molecule has 0 saturated heterocycles. The number of ketones is 1. The Hall–Kier alpha value is -0.410. The molecule has 1 saturated carbocycles.